The topological polar surface area (TPSA) is 102 Å². The molecule has 2 aliphatic heterocycles. The standard InChI is InChI=1S/C21H23NO5.C8H16O2.Cu/c1-11(23)25-16-6-4-13-10-15-14-5-7-17(26-12(2)24)20-21(14,8-9-22(15)3)18(13)19(16)27-20;1-3-5-6-7(4-2)8(9)10;/h4-7,14-15,17,20H,8-10H2,1-3H3;7H,3-6H2,1-2H3,(H,9,10);/t14-,15+,17-,20-,21-;;/m0../s1. The quantitative estimate of drug-likeness (QED) is 0.222. The Morgan fingerprint density at radius 1 is 1.18 bits per heavy atom. The number of likely N-dealkylation sites (N-methyl/N-ethyl adjacent to an activating group) is 1. The van der Waals surface area contributed by atoms with E-state index in [4.69, 9.17) is 19.3 Å². The van der Waals surface area contributed by atoms with E-state index in [0.717, 1.165) is 50.6 Å². The Morgan fingerprint density at radius 3 is 2.53 bits per heavy atom. The van der Waals surface area contributed by atoms with Crippen LogP contribution in [0.15, 0.2) is 24.3 Å². The van der Waals surface area contributed by atoms with Crippen molar-refractivity contribution in [2.24, 2.45) is 11.8 Å². The summed E-state index contributed by atoms with van der Waals surface area (Å²) in [7, 11) is 2.17. The van der Waals surface area contributed by atoms with Gasteiger partial charge in [0.1, 0.15) is 6.10 Å². The second-order valence-corrected chi connectivity index (χ2v) is 10.7. The molecule has 6 atom stereocenters. The molecule has 0 saturated carbocycles. The summed E-state index contributed by atoms with van der Waals surface area (Å²) < 4.78 is 17.5. The Morgan fingerprint density at radius 2 is 1.92 bits per heavy atom. The summed E-state index contributed by atoms with van der Waals surface area (Å²) >= 11 is 0. The van der Waals surface area contributed by atoms with E-state index >= 15 is 0 Å². The molecule has 1 saturated heterocycles. The van der Waals surface area contributed by atoms with Gasteiger partial charge in [0.05, 0.1) is 5.92 Å². The number of carbonyl (C=O) groups excluding carboxylic acids is 2. The van der Waals surface area contributed by atoms with Gasteiger partial charge >= 0.3 is 17.9 Å². The van der Waals surface area contributed by atoms with E-state index in [2.05, 4.69) is 31.0 Å². The van der Waals surface area contributed by atoms with Crippen molar-refractivity contribution < 1.29 is 50.8 Å². The van der Waals surface area contributed by atoms with Crippen LogP contribution in [-0.4, -0.2) is 59.8 Å². The van der Waals surface area contributed by atoms with Crippen molar-refractivity contribution in [2.45, 2.75) is 89.9 Å². The predicted molar refractivity (Wildman–Crippen MR) is 138 cm³/mol. The molecule has 1 unspecified atom stereocenters. The van der Waals surface area contributed by atoms with Crippen LogP contribution in [0.4, 0.5) is 0 Å². The zero-order valence-electron chi connectivity index (χ0n) is 22.8. The molecule has 1 spiro atoms. The van der Waals surface area contributed by atoms with Crippen LogP contribution in [0, 0.1) is 11.8 Å². The van der Waals surface area contributed by atoms with E-state index in [0.29, 0.717) is 17.5 Å². The zero-order valence-corrected chi connectivity index (χ0v) is 23.7. The van der Waals surface area contributed by atoms with Crippen molar-refractivity contribution in [2.75, 3.05) is 13.6 Å². The molecule has 0 aromatic heterocycles. The predicted octanol–water partition coefficient (Wildman–Crippen LogP) is 4.27. The van der Waals surface area contributed by atoms with Crippen LogP contribution < -0.4 is 9.47 Å². The van der Waals surface area contributed by atoms with Gasteiger partial charge in [-0.2, -0.15) is 0 Å². The molecule has 5 rings (SSSR count). The van der Waals surface area contributed by atoms with E-state index in [9.17, 15) is 14.4 Å². The third kappa shape index (κ3) is 5.38. The second-order valence-electron chi connectivity index (χ2n) is 10.7. The van der Waals surface area contributed by atoms with Gasteiger partial charge in [0.2, 0.25) is 0 Å². The summed E-state index contributed by atoms with van der Waals surface area (Å²) in [5.41, 5.74) is 2.15. The van der Waals surface area contributed by atoms with Crippen molar-refractivity contribution in [1.82, 2.24) is 4.90 Å². The summed E-state index contributed by atoms with van der Waals surface area (Å²) in [6.07, 6.45) is 9.02. The number of carboxylic acids is 1. The van der Waals surface area contributed by atoms with Gasteiger partial charge in [0, 0.05) is 53.9 Å². The van der Waals surface area contributed by atoms with Crippen LogP contribution in [-0.2, 0) is 48.0 Å². The molecular formula is C29H39CuNO7. The summed E-state index contributed by atoms with van der Waals surface area (Å²) in [4.78, 5) is 36.1. The SMILES string of the molecule is CC(=O)Oc1ccc2c3c1O[C@H]1[C@@H](OC(C)=O)C=C[C@H]4[C@@H](C2)N(C)CC[C@@]341.CCCCC(CC)C(=O)O.[Cu]. The number of aliphatic carboxylic acids is 1. The first-order valence-electron chi connectivity index (χ1n) is 13.4. The van der Waals surface area contributed by atoms with Crippen molar-refractivity contribution in [3.8, 4) is 11.5 Å². The normalized spacial score (nSPS) is 28.4. The minimum Gasteiger partial charge on any atom is -0.481 e. The van der Waals surface area contributed by atoms with Gasteiger partial charge in [-0.05, 0) is 57.0 Å². The van der Waals surface area contributed by atoms with Crippen LogP contribution in [0.5, 0.6) is 11.5 Å². The van der Waals surface area contributed by atoms with Crippen molar-refractivity contribution >= 4 is 17.9 Å². The van der Waals surface area contributed by atoms with Crippen LogP contribution >= 0.6 is 0 Å². The zero-order chi connectivity index (χ0) is 26.9. The molecule has 1 radical (unpaired) electrons. The Balaban J connectivity index is 0.000000314. The van der Waals surface area contributed by atoms with Gasteiger partial charge in [-0.1, -0.05) is 38.8 Å². The summed E-state index contributed by atoms with van der Waals surface area (Å²) in [6.45, 7) is 7.78. The summed E-state index contributed by atoms with van der Waals surface area (Å²) in [5.74, 6) is -0.0419. The number of hydrogen-bond acceptors (Lipinski definition) is 7. The fourth-order valence-electron chi connectivity index (χ4n) is 6.69. The Bertz CT molecular complexity index is 1090. The third-order valence-corrected chi connectivity index (χ3v) is 8.42. The van der Waals surface area contributed by atoms with Gasteiger partial charge in [0.25, 0.3) is 0 Å². The van der Waals surface area contributed by atoms with Crippen molar-refractivity contribution in [1.29, 1.82) is 0 Å². The maximum Gasteiger partial charge on any atom is 0.308 e. The first-order valence-corrected chi connectivity index (χ1v) is 13.4. The second kappa shape index (κ2) is 12.2. The Kier molecular flexibility index (Phi) is 9.71. The number of esters is 2. The number of rotatable bonds is 7. The molecule has 1 aromatic rings. The number of hydrogen-bond donors (Lipinski definition) is 1. The number of nitrogens with zero attached hydrogens (tertiary/aromatic N) is 1. The minimum absolute atomic E-state index is 0. The molecule has 4 aliphatic rings. The average Bonchev–Trinajstić information content (AvgIpc) is 3.19. The van der Waals surface area contributed by atoms with Gasteiger partial charge in [-0.3, -0.25) is 14.4 Å². The third-order valence-electron chi connectivity index (χ3n) is 8.42. The first-order chi connectivity index (χ1) is 17.6. The number of benzene rings is 1. The average molecular weight is 577 g/mol. The van der Waals surface area contributed by atoms with Gasteiger partial charge < -0.3 is 24.2 Å². The molecule has 2 aliphatic carbocycles. The van der Waals surface area contributed by atoms with Gasteiger partial charge in [-0.15, -0.1) is 0 Å². The monoisotopic (exact) mass is 576 g/mol. The van der Waals surface area contributed by atoms with E-state index in [1.807, 2.05) is 19.1 Å². The summed E-state index contributed by atoms with van der Waals surface area (Å²) in [6, 6.07) is 4.28. The number of unbranched alkanes of at least 4 members (excludes halogenated alkanes) is 1. The molecule has 1 N–H and O–H groups in total. The van der Waals surface area contributed by atoms with E-state index < -0.39 is 12.1 Å². The molecule has 0 amide bonds. The molecule has 2 bridgehead atoms. The maximum atomic E-state index is 11.7. The van der Waals surface area contributed by atoms with Crippen LogP contribution in [0.25, 0.3) is 0 Å². The van der Waals surface area contributed by atoms with Gasteiger partial charge in [0.15, 0.2) is 17.6 Å². The van der Waals surface area contributed by atoms with Gasteiger partial charge in [-0.25, -0.2) is 0 Å². The summed E-state index contributed by atoms with van der Waals surface area (Å²) in [5, 5.41) is 8.60. The Labute approximate surface area is 235 Å². The molecule has 1 aromatic carbocycles. The van der Waals surface area contributed by atoms with Crippen molar-refractivity contribution in [3.05, 3.63) is 35.4 Å². The van der Waals surface area contributed by atoms with Crippen molar-refractivity contribution in [3.63, 3.8) is 0 Å². The van der Waals surface area contributed by atoms with E-state index in [1.165, 1.54) is 19.4 Å². The molecule has 213 valence electrons. The minimum atomic E-state index is -0.643. The largest absolute Gasteiger partial charge is 0.481 e. The fraction of sp³-hybridized carbons (Fsp3) is 0.621. The van der Waals surface area contributed by atoms with Crippen LogP contribution in [0.2, 0.25) is 0 Å². The number of ether oxygens (including phenoxy) is 3. The number of piperidine rings is 1. The molecule has 38 heavy (non-hydrogen) atoms. The fourth-order valence-corrected chi connectivity index (χ4v) is 6.69. The number of carbonyl (C=O) groups is 3. The van der Waals surface area contributed by atoms with E-state index in [1.54, 1.807) is 0 Å². The molecule has 2 heterocycles. The molecule has 8 nitrogen and oxygen atoms in total. The number of carboxylic acid groups (broad SMARTS) is 1. The van der Waals surface area contributed by atoms with Crippen LogP contribution in [0.3, 0.4) is 0 Å². The maximum absolute atomic E-state index is 11.7. The van der Waals surface area contributed by atoms with E-state index in [-0.39, 0.29) is 52.4 Å². The van der Waals surface area contributed by atoms with Crippen LogP contribution in [0.1, 0.15) is 70.9 Å². The molecular weight excluding hydrogens is 538 g/mol. The first kappa shape index (κ1) is 30.2. The number of likely N-dealkylation sites (tertiary alicyclic amines) is 1. The molecule has 9 heteroatoms. The Hall–Kier alpha value is -2.35. The smallest absolute Gasteiger partial charge is 0.308 e. The molecule has 1 fully saturated rings.